The Morgan fingerprint density at radius 3 is 1.80 bits per heavy atom. The predicted octanol–water partition coefficient (Wildman–Crippen LogP) is 2.15. The summed E-state index contributed by atoms with van der Waals surface area (Å²) in [6.45, 7) is 0.470. The molecule has 0 bridgehead atoms. The van der Waals surface area contributed by atoms with E-state index in [9.17, 15) is 4.57 Å². The van der Waals surface area contributed by atoms with E-state index in [2.05, 4.69) is 9.05 Å². The van der Waals surface area contributed by atoms with E-state index in [-0.39, 0.29) is 13.2 Å². The zero-order valence-electron chi connectivity index (χ0n) is 5.26. The molecule has 0 aliphatic carbocycles. The van der Waals surface area contributed by atoms with Gasteiger partial charge >= 0.3 is 8.25 Å². The van der Waals surface area contributed by atoms with Crippen LogP contribution in [0.3, 0.4) is 0 Å². The summed E-state index contributed by atoms with van der Waals surface area (Å²) in [6.07, 6.45) is 0. The lowest BCUT2D eigenvalue weighted by molar-refractivity contribution is 0.245. The molecule has 0 saturated carbocycles. The first-order chi connectivity index (χ1) is 4.81. The van der Waals surface area contributed by atoms with E-state index < -0.39 is 8.25 Å². The van der Waals surface area contributed by atoms with Crippen molar-refractivity contribution < 1.29 is 13.6 Å². The Hall–Kier alpha value is 0.600. The molecule has 0 atom stereocenters. The van der Waals surface area contributed by atoms with Gasteiger partial charge in [0.05, 0.1) is 11.8 Å². The zero-order chi connectivity index (χ0) is 7.82. The Morgan fingerprint density at radius 2 is 1.50 bits per heavy atom. The molecule has 0 heterocycles. The third kappa shape index (κ3) is 6.72. The molecule has 0 aliphatic rings. The third-order valence-electron chi connectivity index (χ3n) is 0.548. The minimum atomic E-state index is -2.01. The molecule has 0 radical (unpaired) electrons. The topological polar surface area (TPSA) is 35.5 Å². The minimum Gasteiger partial charge on any atom is -0.124 e. The molecule has 0 aromatic heterocycles. The van der Waals surface area contributed by atoms with Gasteiger partial charge in [-0.3, -0.25) is 0 Å². The summed E-state index contributed by atoms with van der Waals surface area (Å²) in [6, 6.07) is 0. The van der Waals surface area contributed by atoms with Crippen LogP contribution in [0.25, 0.3) is 0 Å². The maximum absolute atomic E-state index is 10.5. The summed E-state index contributed by atoms with van der Waals surface area (Å²) in [5.74, 6) is 0.622. The molecule has 60 valence electrons. The van der Waals surface area contributed by atoms with Crippen molar-refractivity contribution in [3.05, 3.63) is 0 Å². The standard InChI is InChI=1S/C4H8Cl2O3P/c5-1-3-8-10(7)9-4-2-6/h1-4H2/q+1. The van der Waals surface area contributed by atoms with Gasteiger partial charge in [0.15, 0.2) is 0 Å². The van der Waals surface area contributed by atoms with E-state index >= 15 is 0 Å². The maximum atomic E-state index is 10.5. The highest BCUT2D eigenvalue weighted by atomic mass is 35.5. The third-order valence-corrected chi connectivity index (χ3v) is 1.64. The van der Waals surface area contributed by atoms with Gasteiger partial charge in [0.2, 0.25) is 0 Å². The van der Waals surface area contributed by atoms with Crippen molar-refractivity contribution in [1.29, 1.82) is 0 Å². The van der Waals surface area contributed by atoms with Gasteiger partial charge in [-0.05, 0) is 0 Å². The van der Waals surface area contributed by atoms with Crippen LogP contribution in [0.15, 0.2) is 0 Å². The zero-order valence-corrected chi connectivity index (χ0v) is 7.66. The molecular weight excluding hydrogens is 198 g/mol. The fourth-order valence-corrected chi connectivity index (χ4v) is 1.18. The highest BCUT2D eigenvalue weighted by molar-refractivity contribution is 7.33. The molecule has 0 aromatic carbocycles. The fourth-order valence-electron chi connectivity index (χ4n) is 0.255. The van der Waals surface area contributed by atoms with Crippen molar-refractivity contribution in [3.8, 4) is 0 Å². The van der Waals surface area contributed by atoms with Crippen LogP contribution in [0.2, 0.25) is 0 Å². The van der Waals surface area contributed by atoms with Gasteiger partial charge in [0.1, 0.15) is 13.2 Å². The van der Waals surface area contributed by atoms with Crippen molar-refractivity contribution in [1.82, 2.24) is 0 Å². The van der Waals surface area contributed by atoms with Crippen LogP contribution in [-0.4, -0.2) is 25.0 Å². The predicted molar refractivity (Wildman–Crippen MR) is 41.0 cm³/mol. The van der Waals surface area contributed by atoms with E-state index in [0.717, 1.165) is 0 Å². The van der Waals surface area contributed by atoms with Gasteiger partial charge in [-0.2, -0.15) is 0 Å². The average molecular weight is 206 g/mol. The Morgan fingerprint density at radius 1 is 1.10 bits per heavy atom. The van der Waals surface area contributed by atoms with Crippen molar-refractivity contribution in [2.45, 2.75) is 0 Å². The molecule has 0 N–H and O–H groups in total. The molecule has 3 nitrogen and oxygen atoms in total. The number of hydrogen-bond acceptors (Lipinski definition) is 3. The first kappa shape index (κ1) is 10.6. The van der Waals surface area contributed by atoms with Gasteiger partial charge in [-0.15, -0.1) is 32.2 Å². The summed E-state index contributed by atoms with van der Waals surface area (Å²) in [5, 5.41) is 0. The summed E-state index contributed by atoms with van der Waals surface area (Å²) < 4.78 is 19.7. The lowest BCUT2D eigenvalue weighted by Gasteiger charge is -1.84. The lowest BCUT2D eigenvalue weighted by Crippen LogP contribution is -1.91. The van der Waals surface area contributed by atoms with Crippen LogP contribution in [-0.2, 0) is 13.6 Å². The van der Waals surface area contributed by atoms with E-state index in [4.69, 9.17) is 23.2 Å². The van der Waals surface area contributed by atoms with E-state index in [1.165, 1.54) is 0 Å². The van der Waals surface area contributed by atoms with Gasteiger partial charge in [0, 0.05) is 4.57 Å². The molecule has 0 amide bonds. The first-order valence-electron chi connectivity index (χ1n) is 2.66. The molecule has 0 saturated heterocycles. The second kappa shape index (κ2) is 7.70. The van der Waals surface area contributed by atoms with Crippen LogP contribution in [0, 0.1) is 0 Å². The first-order valence-corrected chi connectivity index (χ1v) is 4.82. The summed E-state index contributed by atoms with van der Waals surface area (Å²) in [5.41, 5.74) is 0. The largest absolute Gasteiger partial charge is 0.697 e. The summed E-state index contributed by atoms with van der Waals surface area (Å²) in [4.78, 5) is 0. The van der Waals surface area contributed by atoms with Gasteiger partial charge < -0.3 is 0 Å². The molecule has 10 heavy (non-hydrogen) atoms. The van der Waals surface area contributed by atoms with Crippen LogP contribution in [0.4, 0.5) is 0 Å². The van der Waals surface area contributed by atoms with Gasteiger partial charge in [0.25, 0.3) is 0 Å². The van der Waals surface area contributed by atoms with Crippen LogP contribution in [0.1, 0.15) is 0 Å². The smallest absolute Gasteiger partial charge is 0.124 e. The Bertz CT molecular complexity index is 90.5. The van der Waals surface area contributed by atoms with Crippen molar-refractivity contribution >= 4 is 31.5 Å². The van der Waals surface area contributed by atoms with Gasteiger partial charge in [-0.25, -0.2) is 0 Å². The molecule has 0 unspecified atom stereocenters. The molecule has 0 fully saturated rings. The summed E-state index contributed by atoms with van der Waals surface area (Å²) in [7, 11) is -2.01. The second-order valence-corrected chi connectivity index (χ2v) is 2.99. The van der Waals surface area contributed by atoms with E-state index in [1.54, 1.807) is 0 Å². The average Bonchev–Trinajstić information content (AvgIpc) is 1.97. The Balaban J connectivity index is 3.09. The highest BCUT2D eigenvalue weighted by Crippen LogP contribution is 2.22. The summed E-state index contributed by atoms with van der Waals surface area (Å²) >= 11 is 10.5. The SMILES string of the molecule is O=[P+](OCCCl)OCCCl. The minimum absolute atomic E-state index is 0.235. The Kier molecular flexibility index (Phi) is 8.17. The van der Waals surface area contributed by atoms with E-state index in [1.807, 2.05) is 0 Å². The Labute approximate surface area is 70.5 Å². The van der Waals surface area contributed by atoms with Crippen LogP contribution in [0.5, 0.6) is 0 Å². The number of halogens is 2. The molecule has 0 aromatic rings. The van der Waals surface area contributed by atoms with Crippen LogP contribution < -0.4 is 0 Å². The number of hydrogen-bond donors (Lipinski definition) is 0. The van der Waals surface area contributed by atoms with Crippen LogP contribution >= 0.6 is 31.5 Å². The lowest BCUT2D eigenvalue weighted by atomic mass is 10.9. The van der Waals surface area contributed by atoms with Gasteiger partial charge in [-0.1, -0.05) is 0 Å². The maximum Gasteiger partial charge on any atom is 0.697 e. The number of rotatable bonds is 6. The second-order valence-electron chi connectivity index (χ2n) is 1.27. The normalized spacial score (nSPS) is 9.80. The number of alkyl halides is 2. The molecule has 6 heteroatoms. The monoisotopic (exact) mass is 205 g/mol. The molecule has 0 spiro atoms. The highest BCUT2D eigenvalue weighted by Gasteiger charge is 2.18. The fraction of sp³-hybridized carbons (Fsp3) is 1.00. The van der Waals surface area contributed by atoms with Crippen molar-refractivity contribution in [3.63, 3.8) is 0 Å². The van der Waals surface area contributed by atoms with Crippen molar-refractivity contribution in [2.24, 2.45) is 0 Å². The van der Waals surface area contributed by atoms with E-state index in [0.29, 0.717) is 11.8 Å². The molecule has 0 aliphatic heterocycles. The van der Waals surface area contributed by atoms with Crippen molar-refractivity contribution in [2.75, 3.05) is 25.0 Å². The molecule has 0 rings (SSSR count). The quantitative estimate of drug-likeness (QED) is 0.493. The molecular formula is C4H8Cl2O3P+.